The molecular weight excluding hydrogens is 449 g/mol. The number of aromatic nitrogens is 6. The molecule has 158 valence electrons. The normalized spacial score (nSPS) is 11.1. The minimum atomic E-state index is -0.350. The topological polar surface area (TPSA) is 90.5 Å². The van der Waals surface area contributed by atoms with Gasteiger partial charge in [-0.1, -0.05) is 41.4 Å². The van der Waals surface area contributed by atoms with Crippen LogP contribution in [-0.2, 0) is 0 Å². The van der Waals surface area contributed by atoms with Crippen LogP contribution in [0.2, 0.25) is 10.0 Å². The summed E-state index contributed by atoms with van der Waals surface area (Å²) in [6.07, 6.45) is 3.08. The number of carbonyl (C=O) groups is 1. The monoisotopic (exact) mass is 463 g/mol. The van der Waals surface area contributed by atoms with Crippen LogP contribution in [-0.4, -0.2) is 35.4 Å². The lowest BCUT2D eigenvalue weighted by Gasteiger charge is -2.10. The Hall–Kier alpha value is -3.75. The maximum Gasteiger partial charge on any atom is 0.258 e. The Morgan fingerprint density at radius 2 is 1.84 bits per heavy atom. The average Bonchev–Trinajstić information content (AvgIpc) is 3.37. The summed E-state index contributed by atoms with van der Waals surface area (Å²) in [4.78, 5) is 21.6. The van der Waals surface area contributed by atoms with Gasteiger partial charge in [0.05, 0.1) is 33.6 Å². The summed E-state index contributed by atoms with van der Waals surface area (Å²) in [5.41, 5.74) is 2.41. The van der Waals surface area contributed by atoms with Crippen LogP contribution in [0.5, 0.6) is 0 Å². The fourth-order valence-corrected chi connectivity index (χ4v) is 3.78. The van der Waals surface area contributed by atoms with E-state index in [1.807, 2.05) is 19.1 Å². The molecule has 1 amide bonds. The van der Waals surface area contributed by atoms with E-state index in [0.717, 1.165) is 5.69 Å². The molecule has 0 fully saturated rings. The minimum absolute atomic E-state index is 0.350. The predicted molar refractivity (Wildman–Crippen MR) is 123 cm³/mol. The van der Waals surface area contributed by atoms with Gasteiger partial charge in [0, 0.05) is 11.1 Å². The van der Waals surface area contributed by atoms with Crippen molar-refractivity contribution in [2.75, 3.05) is 5.32 Å². The van der Waals surface area contributed by atoms with Gasteiger partial charge in [0.25, 0.3) is 5.91 Å². The lowest BCUT2D eigenvalue weighted by atomic mass is 10.2. The van der Waals surface area contributed by atoms with Crippen LogP contribution in [0.4, 0.5) is 5.82 Å². The molecule has 3 aromatic heterocycles. The third kappa shape index (κ3) is 3.59. The number of halogens is 2. The molecule has 0 unspecified atom stereocenters. The highest BCUT2D eigenvalue weighted by Gasteiger charge is 2.19. The van der Waals surface area contributed by atoms with E-state index in [4.69, 9.17) is 23.2 Å². The second kappa shape index (κ2) is 8.07. The van der Waals surface area contributed by atoms with Crippen molar-refractivity contribution >= 4 is 46.0 Å². The van der Waals surface area contributed by atoms with E-state index in [1.165, 1.54) is 6.33 Å². The largest absolute Gasteiger partial charge is 0.306 e. The van der Waals surface area contributed by atoms with Crippen LogP contribution >= 0.6 is 23.2 Å². The lowest BCUT2D eigenvalue weighted by molar-refractivity contribution is 0.102. The Balaban J connectivity index is 1.58. The van der Waals surface area contributed by atoms with Crippen LogP contribution in [0.3, 0.4) is 0 Å². The van der Waals surface area contributed by atoms with Gasteiger partial charge in [-0.15, -0.1) is 0 Å². The Kier molecular flexibility index (Phi) is 5.08. The number of carbonyl (C=O) groups excluding carboxylic acids is 1. The molecule has 0 aliphatic heterocycles. The first-order valence-electron chi connectivity index (χ1n) is 9.59. The molecule has 0 bridgehead atoms. The van der Waals surface area contributed by atoms with Crippen molar-refractivity contribution in [2.24, 2.45) is 0 Å². The molecular formula is C22H15Cl2N7O. The van der Waals surface area contributed by atoms with Crippen LogP contribution in [0, 0.1) is 6.92 Å². The van der Waals surface area contributed by atoms with Crippen molar-refractivity contribution in [3.63, 3.8) is 0 Å². The summed E-state index contributed by atoms with van der Waals surface area (Å²) in [5, 5.41) is 13.5. The standard InChI is InChI=1S/C22H15Cl2N7O/c1-13-9-19(28-22(32)16-7-2-3-8-18(16)24)31(29-13)21-17-11-27-30(20(17)25-12-26-21)15-6-4-5-14(23)10-15/h2-12H,1H3,(H,28,32). The molecule has 0 aliphatic rings. The van der Waals surface area contributed by atoms with E-state index in [1.54, 1.807) is 58.0 Å². The number of benzene rings is 2. The second-order valence-electron chi connectivity index (χ2n) is 6.99. The summed E-state index contributed by atoms with van der Waals surface area (Å²) >= 11 is 12.3. The molecule has 0 saturated heterocycles. The van der Waals surface area contributed by atoms with Gasteiger partial charge in [-0.3, -0.25) is 4.79 Å². The van der Waals surface area contributed by atoms with E-state index < -0.39 is 0 Å². The summed E-state index contributed by atoms with van der Waals surface area (Å²) < 4.78 is 3.23. The summed E-state index contributed by atoms with van der Waals surface area (Å²) in [7, 11) is 0. The van der Waals surface area contributed by atoms with Crippen molar-refractivity contribution in [2.45, 2.75) is 6.92 Å². The van der Waals surface area contributed by atoms with Gasteiger partial charge in [-0.2, -0.15) is 14.9 Å². The van der Waals surface area contributed by atoms with E-state index in [2.05, 4.69) is 25.5 Å². The zero-order chi connectivity index (χ0) is 22.2. The predicted octanol–water partition coefficient (Wildman–Crippen LogP) is 4.87. The molecule has 2 aromatic carbocycles. The highest BCUT2D eigenvalue weighted by molar-refractivity contribution is 6.34. The van der Waals surface area contributed by atoms with E-state index in [-0.39, 0.29) is 5.91 Å². The highest BCUT2D eigenvalue weighted by atomic mass is 35.5. The van der Waals surface area contributed by atoms with Crippen molar-refractivity contribution in [3.8, 4) is 11.5 Å². The molecule has 8 nitrogen and oxygen atoms in total. The maximum absolute atomic E-state index is 12.8. The summed E-state index contributed by atoms with van der Waals surface area (Å²) in [6.45, 7) is 1.83. The molecule has 0 radical (unpaired) electrons. The average molecular weight is 464 g/mol. The first kappa shape index (κ1) is 20.2. The Bertz CT molecular complexity index is 1470. The number of fused-ring (bicyclic) bond motifs is 1. The number of nitrogens with zero attached hydrogens (tertiary/aromatic N) is 6. The van der Waals surface area contributed by atoms with Gasteiger partial charge in [0.1, 0.15) is 12.1 Å². The smallest absolute Gasteiger partial charge is 0.258 e. The number of nitrogens with one attached hydrogen (secondary N) is 1. The Morgan fingerprint density at radius 3 is 2.66 bits per heavy atom. The fourth-order valence-electron chi connectivity index (χ4n) is 3.38. The summed E-state index contributed by atoms with van der Waals surface area (Å²) in [5.74, 6) is 0.574. The van der Waals surface area contributed by atoms with Gasteiger partial charge < -0.3 is 5.32 Å². The SMILES string of the molecule is Cc1cc(NC(=O)c2ccccc2Cl)n(-c2ncnc3c2cnn3-c2cccc(Cl)c2)n1. The molecule has 5 rings (SSSR count). The van der Waals surface area contributed by atoms with Crippen LogP contribution in [0.1, 0.15) is 16.1 Å². The third-order valence-electron chi connectivity index (χ3n) is 4.79. The van der Waals surface area contributed by atoms with Gasteiger partial charge in [-0.05, 0) is 37.3 Å². The Morgan fingerprint density at radius 1 is 1.00 bits per heavy atom. The fraction of sp³-hybridized carbons (Fsp3) is 0.0455. The molecule has 1 N–H and O–H groups in total. The number of amides is 1. The van der Waals surface area contributed by atoms with Gasteiger partial charge in [-0.25, -0.2) is 14.6 Å². The second-order valence-corrected chi connectivity index (χ2v) is 7.83. The Labute approximate surface area is 192 Å². The van der Waals surface area contributed by atoms with E-state index in [0.29, 0.717) is 44.0 Å². The van der Waals surface area contributed by atoms with Crippen LogP contribution in [0.15, 0.2) is 67.1 Å². The van der Waals surface area contributed by atoms with Crippen molar-refractivity contribution in [3.05, 3.63) is 88.4 Å². The van der Waals surface area contributed by atoms with Gasteiger partial charge >= 0.3 is 0 Å². The quantitative estimate of drug-likeness (QED) is 0.410. The number of hydrogen-bond acceptors (Lipinski definition) is 5. The molecule has 3 heterocycles. The van der Waals surface area contributed by atoms with E-state index in [9.17, 15) is 4.79 Å². The number of aryl methyl sites for hydroxylation is 1. The lowest BCUT2D eigenvalue weighted by Crippen LogP contribution is -2.16. The zero-order valence-electron chi connectivity index (χ0n) is 16.7. The third-order valence-corrected chi connectivity index (χ3v) is 5.35. The molecule has 0 aliphatic carbocycles. The number of rotatable bonds is 4. The first-order chi connectivity index (χ1) is 15.5. The molecule has 10 heteroatoms. The minimum Gasteiger partial charge on any atom is -0.306 e. The first-order valence-corrected chi connectivity index (χ1v) is 10.3. The zero-order valence-corrected chi connectivity index (χ0v) is 18.2. The van der Waals surface area contributed by atoms with Gasteiger partial charge in [0.15, 0.2) is 11.5 Å². The molecule has 0 atom stereocenters. The van der Waals surface area contributed by atoms with Crippen LogP contribution < -0.4 is 5.32 Å². The van der Waals surface area contributed by atoms with E-state index >= 15 is 0 Å². The van der Waals surface area contributed by atoms with Crippen molar-refractivity contribution in [1.82, 2.24) is 29.5 Å². The van der Waals surface area contributed by atoms with Crippen molar-refractivity contribution < 1.29 is 4.79 Å². The van der Waals surface area contributed by atoms with Crippen LogP contribution in [0.25, 0.3) is 22.5 Å². The molecule has 32 heavy (non-hydrogen) atoms. The molecule has 0 spiro atoms. The highest BCUT2D eigenvalue weighted by Crippen LogP contribution is 2.25. The maximum atomic E-state index is 12.8. The number of anilines is 1. The number of hydrogen-bond donors (Lipinski definition) is 1. The van der Waals surface area contributed by atoms with Crippen molar-refractivity contribution in [1.29, 1.82) is 0 Å². The molecule has 5 aromatic rings. The van der Waals surface area contributed by atoms with Gasteiger partial charge in [0.2, 0.25) is 0 Å². The summed E-state index contributed by atoms with van der Waals surface area (Å²) in [6, 6.07) is 15.9. The molecule has 0 saturated carbocycles.